The van der Waals surface area contributed by atoms with Gasteiger partial charge in [-0.3, -0.25) is 9.59 Å². The van der Waals surface area contributed by atoms with Gasteiger partial charge in [-0.2, -0.15) is 0 Å². The number of carbonyl (C=O) groups is 3. The summed E-state index contributed by atoms with van der Waals surface area (Å²) in [5.41, 5.74) is -0.694. The van der Waals surface area contributed by atoms with Crippen LogP contribution >= 0.6 is 0 Å². The van der Waals surface area contributed by atoms with Gasteiger partial charge >= 0.3 is 17.9 Å². The van der Waals surface area contributed by atoms with Gasteiger partial charge in [0.2, 0.25) is 0 Å². The first-order valence-corrected chi connectivity index (χ1v) is 15.4. The monoisotopic (exact) mass is 590 g/mol. The normalized spacial score (nSPS) is 45.5. The van der Waals surface area contributed by atoms with E-state index < -0.39 is 82.4 Å². The number of hydrogen-bond donors (Lipinski definition) is 4. The highest BCUT2D eigenvalue weighted by atomic mass is 16.6. The Balaban J connectivity index is 1.94. The Morgan fingerprint density at radius 3 is 2.14 bits per heavy atom. The summed E-state index contributed by atoms with van der Waals surface area (Å²) in [5, 5.41) is 45.7. The van der Waals surface area contributed by atoms with Crippen LogP contribution < -0.4 is 0 Å². The van der Waals surface area contributed by atoms with Gasteiger partial charge in [0.25, 0.3) is 0 Å². The van der Waals surface area contributed by atoms with Crippen LogP contribution in [0.25, 0.3) is 0 Å². The molecule has 0 aliphatic heterocycles. The van der Waals surface area contributed by atoms with E-state index in [1.807, 2.05) is 40.7 Å². The van der Waals surface area contributed by atoms with Crippen LogP contribution in [0.4, 0.5) is 0 Å². The van der Waals surface area contributed by atoms with E-state index in [9.17, 15) is 34.8 Å². The molecule has 9 heteroatoms. The Bertz CT molecular complexity index is 1170. The average molecular weight is 591 g/mol. The maximum absolute atomic E-state index is 12.7. The molecule has 0 unspecified atom stereocenters. The second-order valence-corrected chi connectivity index (χ2v) is 14.4. The molecule has 0 radical (unpaired) electrons. The number of rotatable bonds is 6. The fraction of sp³-hybridized carbons (Fsp3) is 0.788. The number of carboxylic acid groups (broad SMARTS) is 1. The zero-order valence-electron chi connectivity index (χ0n) is 26.3. The van der Waals surface area contributed by atoms with Crippen molar-refractivity contribution in [1.29, 1.82) is 0 Å². The van der Waals surface area contributed by atoms with Gasteiger partial charge in [-0.15, -0.1) is 0 Å². The van der Waals surface area contributed by atoms with Crippen molar-refractivity contribution in [3.05, 3.63) is 22.8 Å². The fourth-order valence-electron chi connectivity index (χ4n) is 10.2. The lowest BCUT2D eigenvalue weighted by Gasteiger charge is -2.71. The zero-order valence-corrected chi connectivity index (χ0v) is 26.3. The molecule has 0 aromatic heterocycles. The van der Waals surface area contributed by atoms with E-state index in [2.05, 4.69) is 6.92 Å². The number of carboxylic acids is 1. The SMILES string of the molecule is CC(=O)O[C@@H]1[C@H]2[C@H](C)[C@H](O)CC[C@]2(C)[C@@H]2[C@@H](O)C[C@H]3/C(=C(\CCC=C(C)C)C(=O)O)[C@@H](OC(C)=O)C[C@]3(C)[C@@]2(C)[C@H]1O. The van der Waals surface area contributed by atoms with E-state index in [0.717, 1.165) is 5.57 Å². The molecule has 0 aromatic carbocycles. The zero-order chi connectivity index (χ0) is 31.5. The van der Waals surface area contributed by atoms with Crippen LogP contribution in [-0.4, -0.2) is 68.9 Å². The van der Waals surface area contributed by atoms with Crippen LogP contribution in [0.1, 0.15) is 93.9 Å². The number of hydrogen-bond acceptors (Lipinski definition) is 8. The van der Waals surface area contributed by atoms with Crippen LogP contribution in [0.15, 0.2) is 22.8 Å². The molecule has 4 rings (SSSR count). The number of aliphatic hydroxyl groups is 3. The van der Waals surface area contributed by atoms with Crippen molar-refractivity contribution in [3.8, 4) is 0 Å². The Kier molecular flexibility index (Phi) is 8.84. The molecule has 9 nitrogen and oxygen atoms in total. The number of allylic oxidation sites excluding steroid dienone is 2. The predicted molar refractivity (Wildman–Crippen MR) is 155 cm³/mol. The molecule has 4 aliphatic carbocycles. The van der Waals surface area contributed by atoms with Gasteiger partial charge in [-0.1, -0.05) is 39.3 Å². The maximum Gasteiger partial charge on any atom is 0.331 e. The van der Waals surface area contributed by atoms with E-state index in [1.54, 1.807) is 0 Å². The van der Waals surface area contributed by atoms with Crippen LogP contribution in [-0.2, 0) is 23.9 Å². The smallest absolute Gasteiger partial charge is 0.331 e. The summed E-state index contributed by atoms with van der Waals surface area (Å²) in [4.78, 5) is 37.5. The van der Waals surface area contributed by atoms with Gasteiger partial charge in [-0.25, -0.2) is 4.79 Å². The molecule has 4 fully saturated rings. The number of esters is 2. The summed E-state index contributed by atoms with van der Waals surface area (Å²) in [6.45, 7) is 14.4. The number of fused-ring (bicyclic) bond motifs is 5. The van der Waals surface area contributed by atoms with Crippen molar-refractivity contribution in [2.45, 2.75) is 124 Å². The lowest BCUT2D eigenvalue weighted by molar-refractivity contribution is -0.307. The maximum atomic E-state index is 12.7. The summed E-state index contributed by atoms with van der Waals surface area (Å²) in [6, 6.07) is 0. The average Bonchev–Trinajstić information content (AvgIpc) is 3.13. The molecule has 0 amide bonds. The molecule has 0 spiro atoms. The molecular weight excluding hydrogens is 540 g/mol. The lowest BCUT2D eigenvalue weighted by atomic mass is 9.35. The molecule has 42 heavy (non-hydrogen) atoms. The third-order valence-corrected chi connectivity index (χ3v) is 11.9. The quantitative estimate of drug-likeness (QED) is 0.203. The summed E-state index contributed by atoms with van der Waals surface area (Å²) in [7, 11) is 0. The highest BCUT2D eigenvalue weighted by Crippen LogP contribution is 2.74. The standard InChI is InChI=1S/C33H50O9/c1-16(2)10-9-11-20(30(39)40)25-21-14-23(37)28-31(6)13-12-22(36)17(3)26(31)27(42-19(5)35)29(38)33(28,8)32(21,7)15-24(25)41-18(4)34/h10,17,21-24,26-29,36-38H,9,11-15H2,1-8H3,(H,39,40)/b25-20-/t17-,21+,22-,23+,24+,26-,27-,28+,29+,31+,32+,33-/m1/s1. The Labute approximate surface area is 249 Å². The molecule has 4 aliphatic rings. The number of ether oxygens (including phenoxy) is 2. The molecule has 4 N–H and O–H groups in total. The minimum Gasteiger partial charge on any atom is -0.478 e. The molecule has 0 heterocycles. The first-order valence-electron chi connectivity index (χ1n) is 15.4. The van der Waals surface area contributed by atoms with Gasteiger partial charge in [0.05, 0.1) is 18.3 Å². The van der Waals surface area contributed by atoms with Crippen molar-refractivity contribution < 1.29 is 44.3 Å². The summed E-state index contributed by atoms with van der Waals surface area (Å²) in [5.74, 6) is -3.76. The molecule has 4 saturated carbocycles. The largest absolute Gasteiger partial charge is 0.478 e. The third kappa shape index (κ3) is 4.93. The minimum atomic E-state index is -1.21. The molecular formula is C33H50O9. The van der Waals surface area contributed by atoms with E-state index in [-0.39, 0.29) is 30.8 Å². The van der Waals surface area contributed by atoms with Crippen molar-refractivity contribution >= 4 is 17.9 Å². The number of aliphatic hydroxyl groups excluding tert-OH is 3. The van der Waals surface area contributed by atoms with Crippen molar-refractivity contribution in [2.24, 2.45) is 39.9 Å². The van der Waals surface area contributed by atoms with E-state index in [4.69, 9.17) is 9.47 Å². The number of carbonyl (C=O) groups excluding carboxylic acids is 2. The predicted octanol–water partition coefficient (Wildman–Crippen LogP) is 4.18. The highest BCUT2D eigenvalue weighted by molar-refractivity contribution is 5.88. The van der Waals surface area contributed by atoms with Crippen molar-refractivity contribution in [3.63, 3.8) is 0 Å². The van der Waals surface area contributed by atoms with Crippen LogP contribution in [0, 0.1) is 39.9 Å². The van der Waals surface area contributed by atoms with Crippen LogP contribution in [0.2, 0.25) is 0 Å². The molecule has 0 bridgehead atoms. The van der Waals surface area contributed by atoms with Gasteiger partial charge in [0.1, 0.15) is 12.2 Å². The van der Waals surface area contributed by atoms with Gasteiger partial charge in [0.15, 0.2) is 0 Å². The second kappa shape index (κ2) is 11.4. The van der Waals surface area contributed by atoms with Crippen LogP contribution in [0.3, 0.4) is 0 Å². The highest BCUT2D eigenvalue weighted by Gasteiger charge is 2.76. The third-order valence-electron chi connectivity index (χ3n) is 11.9. The number of aliphatic carboxylic acids is 1. The van der Waals surface area contributed by atoms with Crippen LogP contribution in [0.5, 0.6) is 0 Å². The second-order valence-electron chi connectivity index (χ2n) is 14.4. The Morgan fingerprint density at radius 1 is 0.976 bits per heavy atom. The molecule has 12 atom stereocenters. The van der Waals surface area contributed by atoms with Crippen molar-refractivity contribution in [2.75, 3.05) is 0 Å². The van der Waals surface area contributed by atoms with Gasteiger partial charge in [0, 0.05) is 30.8 Å². The van der Waals surface area contributed by atoms with E-state index in [0.29, 0.717) is 24.8 Å². The first kappa shape index (κ1) is 32.7. The Morgan fingerprint density at radius 2 is 1.60 bits per heavy atom. The minimum absolute atomic E-state index is 0.182. The first-order chi connectivity index (χ1) is 19.4. The molecule has 0 saturated heterocycles. The molecule has 0 aromatic rings. The van der Waals surface area contributed by atoms with Crippen molar-refractivity contribution in [1.82, 2.24) is 0 Å². The van der Waals surface area contributed by atoms with E-state index >= 15 is 0 Å². The van der Waals surface area contributed by atoms with E-state index in [1.165, 1.54) is 13.8 Å². The fourth-order valence-corrected chi connectivity index (χ4v) is 10.2. The van der Waals surface area contributed by atoms with Gasteiger partial charge in [-0.05, 0) is 86.5 Å². The summed E-state index contributed by atoms with van der Waals surface area (Å²) >= 11 is 0. The summed E-state index contributed by atoms with van der Waals surface area (Å²) < 4.78 is 11.7. The Hall–Kier alpha value is -2.23. The van der Waals surface area contributed by atoms with Gasteiger partial charge < -0.3 is 29.9 Å². The lowest BCUT2D eigenvalue weighted by Crippen LogP contribution is -2.74. The summed E-state index contributed by atoms with van der Waals surface area (Å²) in [6.07, 6.45) is -0.167. The topological polar surface area (TPSA) is 151 Å². The molecule has 236 valence electrons.